The number of fused-ring (bicyclic) bond motifs is 2. The minimum atomic E-state index is -1.20. The molecule has 1 saturated heterocycles. The number of aliphatic hydroxyl groups excluding tert-OH is 1. The van der Waals surface area contributed by atoms with E-state index in [0.29, 0.717) is 16.7 Å². The lowest BCUT2D eigenvalue weighted by atomic mass is 9.82. The summed E-state index contributed by atoms with van der Waals surface area (Å²) in [5.41, 5.74) is 1.18. The third-order valence-electron chi connectivity index (χ3n) is 5.20. The van der Waals surface area contributed by atoms with Crippen molar-refractivity contribution in [2.24, 2.45) is 5.92 Å². The van der Waals surface area contributed by atoms with Gasteiger partial charge in [0.2, 0.25) is 0 Å². The molecule has 144 valence electrons. The Labute approximate surface area is 157 Å². The molecule has 5 atom stereocenters. The zero-order valence-electron chi connectivity index (χ0n) is 15.3. The molecule has 7 nitrogen and oxygen atoms in total. The van der Waals surface area contributed by atoms with Gasteiger partial charge in [-0.2, -0.15) is 0 Å². The van der Waals surface area contributed by atoms with Gasteiger partial charge in [-0.15, -0.1) is 0 Å². The summed E-state index contributed by atoms with van der Waals surface area (Å²) in [6.07, 6.45) is -0.175. The van der Waals surface area contributed by atoms with E-state index in [9.17, 15) is 19.5 Å². The predicted molar refractivity (Wildman–Crippen MR) is 94.2 cm³/mol. The van der Waals surface area contributed by atoms with Gasteiger partial charge in [-0.05, 0) is 25.5 Å². The molecule has 1 aliphatic carbocycles. The minimum Gasteiger partial charge on any atom is -0.458 e. The van der Waals surface area contributed by atoms with Gasteiger partial charge < -0.3 is 19.3 Å². The lowest BCUT2D eigenvalue weighted by molar-refractivity contribution is -0.151. The Hall–Kier alpha value is -2.67. The molecular weight excluding hydrogens is 352 g/mol. The molecule has 3 rings (SSSR count). The molecule has 2 bridgehead atoms. The fourth-order valence-electron chi connectivity index (χ4n) is 3.51. The van der Waals surface area contributed by atoms with E-state index in [1.54, 1.807) is 26.0 Å². The van der Waals surface area contributed by atoms with Crippen LogP contribution in [0.2, 0.25) is 0 Å². The van der Waals surface area contributed by atoms with E-state index in [2.05, 4.69) is 13.2 Å². The number of ether oxygens (including phenoxy) is 3. The fourth-order valence-corrected chi connectivity index (χ4v) is 3.51. The summed E-state index contributed by atoms with van der Waals surface area (Å²) in [4.78, 5) is 36.6. The van der Waals surface area contributed by atoms with Crippen molar-refractivity contribution < 1.29 is 33.7 Å². The van der Waals surface area contributed by atoms with Crippen molar-refractivity contribution in [3.05, 3.63) is 47.6 Å². The first-order chi connectivity index (χ1) is 12.7. The number of esters is 3. The molecule has 1 fully saturated rings. The van der Waals surface area contributed by atoms with Crippen LogP contribution in [0.4, 0.5) is 0 Å². The lowest BCUT2D eigenvalue weighted by Gasteiger charge is -2.30. The van der Waals surface area contributed by atoms with Crippen LogP contribution in [-0.4, -0.2) is 47.4 Å². The van der Waals surface area contributed by atoms with Crippen molar-refractivity contribution in [2.75, 3.05) is 0 Å². The normalized spacial score (nSPS) is 33.8. The second-order valence-corrected chi connectivity index (χ2v) is 6.98. The third-order valence-corrected chi connectivity index (χ3v) is 5.20. The first kappa shape index (κ1) is 19.1. The number of allylic oxidation sites excluding steroid dienone is 1. The molecule has 0 amide bonds. The van der Waals surface area contributed by atoms with E-state index < -0.39 is 48.2 Å². The predicted octanol–water partition coefficient (Wildman–Crippen LogP) is 1.52. The Kier molecular flexibility index (Phi) is 5.06. The molecule has 0 radical (unpaired) electrons. The van der Waals surface area contributed by atoms with Gasteiger partial charge in [0.25, 0.3) is 0 Å². The molecule has 0 aromatic heterocycles. The number of hydrogen-bond acceptors (Lipinski definition) is 7. The van der Waals surface area contributed by atoms with Crippen LogP contribution in [-0.2, 0) is 28.6 Å². The standard InChI is InChI=1S/C20H22O7/c1-5-9(2)18(22)26-14-8-12-7-13(25-20(12)24)6-10(3)16(21)17-15(14)11(4)19(23)27-17/h5,7,13-17,21H,3-4,6,8H2,1-2H3/b9-5-/t13-,14-,15+,16+,17-/m0/s1. The van der Waals surface area contributed by atoms with Gasteiger partial charge in [0.05, 0.1) is 5.92 Å². The second-order valence-electron chi connectivity index (χ2n) is 6.98. The number of hydrogen-bond donors (Lipinski definition) is 1. The Morgan fingerprint density at radius 3 is 2.63 bits per heavy atom. The topological polar surface area (TPSA) is 99.1 Å². The number of aliphatic hydroxyl groups is 1. The largest absolute Gasteiger partial charge is 0.458 e. The Morgan fingerprint density at radius 1 is 1.26 bits per heavy atom. The molecule has 0 spiro atoms. The zero-order valence-corrected chi connectivity index (χ0v) is 15.3. The van der Waals surface area contributed by atoms with E-state index >= 15 is 0 Å². The average Bonchev–Trinajstić information content (AvgIpc) is 3.11. The van der Waals surface area contributed by atoms with E-state index in [1.807, 2.05) is 0 Å². The van der Waals surface area contributed by atoms with Gasteiger partial charge in [-0.25, -0.2) is 14.4 Å². The third kappa shape index (κ3) is 3.47. The summed E-state index contributed by atoms with van der Waals surface area (Å²) in [5, 5.41) is 10.7. The molecule has 0 saturated carbocycles. The maximum atomic E-state index is 12.3. The minimum absolute atomic E-state index is 0.0358. The lowest BCUT2D eigenvalue weighted by Crippen LogP contribution is -2.41. The SMILES string of the molecule is C=C1C(=O)O[C@H]2[C@H]1[C@@H](OC(=O)/C(C)=C\C)CC1=C[C@H](CC(=C)[C@H]2O)OC1=O. The van der Waals surface area contributed by atoms with Crippen LogP contribution in [0.1, 0.15) is 26.7 Å². The van der Waals surface area contributed by atoms with Crippen molar-refractivity contribution in [3.63, 3.8) is 0 Å². The van der Waals surface area contributed by atoms with Gasteiger partial charge in [0.15, 0.2) is 0 Å². The molecule has 3 aliphatic rings. The van der Waals surface area contributed by atoms with Crippen LogP contribution in [0.25, 0.3) is 0 Å². The van der Waals surface area contributed by atoms with Gasteiger partial charge in [-0.3, -0.25) is 0 Å². The molecular formula is C20H22O7. The summed E-state index contributed by atoms with van der Waals surface area (Å²) < 4.78 is 16.2. The Bertz CT molecular complexity index is 788. The first-order valence-corrected chi connectivity index (χ1v) is 8.74. The van der Waals surface area contributed by atoms with Crippen molar-refractivity contribution in [3.8, 4) is 0 Å². The Morgan fingerprint density at radius 2 is 1.96 bits per heavy atom. The summed E-state index contributed by atoms with van der Waals surface area (Å²) in [7, 11) is 0. The van der Waals surface area contributed by atoms with E-state index in [0.717, 1.165) is 0 Å². The van der Waals surface area contributed by atoms with E-state index in [4.69, 9.17) is 14.2 Å². The van der Waals surface area contributed by atoms with E-state index in [-0.39, 0.29) is 18.4 Å². The quantitative estimate of drug-likeness (QED) is 0.339. The number of rotatable bonds is 2. The summed E-state index contributed by atoms with van der Waals surface area (Å²) in [6.45, 7) is 10.9. The highest BCUT2D eigenvalue weighted by atomic mass is 16.6. The maximum absolute atomic E-state index is 12.3. The molecule has 0 unspecified atom stereocenters. The van der Waals surface area contributed by atoms with E-state index in [1.165, 1.54) is 0 Å². The average molecular weight is 374 g/mol. The first-order valence-electron chi connectivity index (χ1n) is 8.74. The van der Waals surface area contributed by atoms with Crippen molar-refractivity contribution in [2.45, 2.75) is 51.1 Å². The van der Waals surface area contributed by atoms with Crippen molar-refractivity contribution in [1.29, 1.82) is 0 Å². The highest BCUT2D eigenvalue weighted by Gasteiger charge is 2.50. The van der Waals surface area contributed by atoms with Crippen LogP contribution in [0.15, 0.2) is 47.6 Å². The summed E-state index contributed by atoms with van der Waals surface area (Å²) in [6, 6.07) is 0. The number of carbonyl (C=O) groups excluding carboxylic acids is 3. The van der Waals surface area contributed by atoms with Gasteiger partial charge in [0, 0.05) is 29.6 Å². The summed E-state index contributed by atoms with van der Waals surface area (Å²) >= 11 is 0. The smallest absolute Gasteiger partial charge is 0.334 e. The summed E-state index contributed by atoms with van der Waals surface area (Å²) in [5.74, 6) is -2.56. The zero-order chi connectivity index (χ0) is 19.9. The molecule has 7 heteroatoms. The molecule has 2 aliphatic heterocycles. The van der Waals surface area contributed by atoms with Crippen molar-refractivity contribution in [1.82, 2.24) is 0 Å². The highest BCUT2D eigenvalue weighted by Crippen LogP contribution is 2.40. The highest BCUT2D eigenvalue weighted by molar-refractivity contribution is 5.93. The molecule has 27 heavy (non-hydrogen) atoms. The van der Waals surface area contributed by atoms with Crippen LogP contribution in [0.5, 0.6) is 0 Å². The monoisotopic (exact) mass is 374 g/mol. The van der Waals surface area contributed by atoms with Crippen LogP contribution in [0.3, 0.4) is 0 Å². The number of carbonyl (C=O) groups is 3. The maximum Gasteiger partial charge on any atom is 0.334 e. The van der Waals surface area contributed by atoms with Crippen molar-refractivity contribution >= 4 is 17.9 Å². The fraction of sp³-hybridized carbons (Fsp3) is 0.450. The molecule has 0 aromatic carbocycles. The van der Waals surface area contributed by atoms with Crippen LogP contribution >= 0.6 is 0 Å². The Balaban J connectivity index is 2.02. The molecule has 1 N–H and O–H groups in total. The van der Waals surface area contributed by atoms with Gasteiger partial charge in [-0.1, -0.05) is 19.2 Å². The van der Waals surface area contributed by atoms with Gasteiger partial charge in [0.1, 0.15) is 24.4 Å². The van der Waals surface area contributed by atoms with Crippen LogP contribution in [0, 0.1) is 5.92 Å². The van der Waals surface area contributed by atoms with Crippen LogP contribution < -0.4 is 0 Å². The second kappa shape index (κ2) is 7.15. The molecule has 2 heterocycles. The molecule has 0 aromatic rings. The van der Waals surface area contributed by atoms with Gasteiger partial charge >= 0.3 is 17.9 Å².